The fourth-order valence-corrected chi connectivity index (χ4v) is 5.80. The van der Waals surface area contributed by atoms with Gasteiger partial charge < -0.3 is 4.90 Å². The summed E-state index contributed by atoms with van der Waals surface area (Å²) in [5.41, 5.74) is 8.51. The van der Waals surface area contributed by atoms with E-state index in [4.69, 9.17) is 9.98 Å². The van der Waals surface area contributed by atoms with Crippen molar-refractivity contribution >= 4 is 17.6 Å². The predicted molar refractivity (Wildman–Crippen MR) is 123 cm³/mol. The molecule has 3 heterocycles. The van der Waals surface area contributed by atoms with E-state index in [0.29, 0.717) is 11.3 Å². The van der Waals surface area contributed by atoms with Crippen molar-refractivity contribution in [2.45, 2.75) is 72.3 Å². The molecule has 1 spiro atoms. The quantitative estimate of drug-likeness (QED) is 0.599. The van der Waals surface area contributed by atoms with Crippen LogP contribution in [0, 0.1) is 10.8 Å². The molecule has 1 fully saturated rings. The number of dihydropyridines is 1. The minimum absolute atomic E-state index is 0.157. The molecule has 0 N–H and O–H groups in total. The van der Waals surface area contributed by atoms with E-state index in [-0.39, 0.29) is 11.5 Å². The number of allylic oxidation sites excluding steroid dienone is 2. The molecule has 1 aliphatic carbocycles. The lowest BCUT2D eigenvalue weighted by atomic mass is 9.75. The first-order chi connectivity index (χ1) is 13.8. The van der Waals surface area contributed by atoms with E-state index in [2.05, 4.69) is 76.1 Å². The second-order valence-electron chi connectivity index (χ2n) is 10.4. The molecule has 3 nitrogen and oxygen atoms in total. The van der Waals surface area contributed by atoms with Gasteiger partial charge in [-0.05, 0) is 78.7 Å². The van der Waals surface area contributed by atoms with E-state index in [0.717, 1.165) is 18.0 Å². The smallest absolute Gasteiger partial charge is 0.116 e. The van der Waals surface area contributed by atoms with Crippen molar-refractivity contribution in [1.29, 1.82) is 0 Å². The normalized spacial score (nSPS) is 25.6. The summed E-state index contributed by atoms with van der Waals surface area (Å²) in [6, 6.07) is 9.49. The van der Waals surface area contributed by atoms with Crippen molar-refractivity contribution < 1.29 is 0 Å². The summed E-state index contributed by atoms with van der Waals surface area (Å²) in [5, 5.41) is 0. The third-order valence-electron chi connectivity index (χ3n) is 7.45. The maximum atomic E-state index is 4.96. The van der Waals surface area contributed by atoms with Gasteiger partial charge in [0.2, 0.25) is 0 Å². The maximum absolute atomic E-state index is 4.96. The molecule has 2 atom stereocenters. The van der Waals surface area contributed by atoms with Gasteiger partial charge in [-0.15, -0.1) is 0 Å². The molecule has 3 heteroatoms. The first-order valence-corrected chi connectivity index (χ1v) is 11.2. The Balaban J connectivity index is 1.51. The number of nitrogens with zero attached hydrogens (tertiary/aromatic N) is 3. The van der Waals surface area contributed by atoms with Crippen LogP contribution in [0.25, 0.3) is 0 Å². The van der Waals surface area contributed by atoms with Crippen molar-refractivity contribution in [2.75, 3.05) is 11.4 Å². The first-order valence-electron chi connectivity index (χ1n) is 11.2. The summed E-state index contributed by atoms with van der Waals surface area (Å²) in [7, 11) is 0. The summed E-state index contributed by atoms with van der Waals surface area (Å²) in [6.07, 6.45) is 9.31. The van der Waals surface area contributed by atoms with Gasteiger partial charge in [0.1, 0.15) is 6.04 Å². The zero-order chi connectivity index (χ0) is 20.4. The SMILES string of the molecule is CC[C@@H](c1ccc(N2CCC3(CC3)C3=C2C=NC2=CC(C)=NC23)cc1)C(C)(C)C. The van der Waals surface area contributed by atoms with Crippen LogP contribution in [-0.4, -0.2) is 24.5 Å². The lowest BCUT2D eigenvalue weighted by molar-refractivity contribution is 0.312. The lowest BCUT2D eigenvalue weighted by Gasteiger charge is -2.40. The van der Waals surface area contributed by atoms with E-state index in [1.54, 1.807) is 0 Å². The number of rotatable bonds is 3. The summed E-state index contributed by atoms with van der Waals surface area (Å²) in [6.45, 7) is 12.5. The highest BCUT2D eigenvalue weighted by molar-refractivity contribution is 5.99. The number of fused-ring (bicyclic) bond motifs is 3. The average molecular weight is 388 g/mol. The highest BCUT2D eigenvalue weighted by Gasteiger charge is 2.54. The van der Waals surface area contributed by atoms with E-state index in [9.17, 15) is 0 Å². The van der Waals surface area contributed by atoms with Crippen molar-refractivity contribution in [1.82, 2.24) is 0 Å². The van der Waals surface area contributed by atoms with Crippen LogP contribution in [0.4, 0.5) is 5.69 Å². The molecule has 0 amide bonds. The minimum atomic E-state index is 0.157. The third kappa shape index (κ3) is 3.01. The average Bonchev–Trinajstić information content (AvgIpc) is 3.33. The summed E-state index contributed by atoms with van der Waals surface area (Å²) < 4.78 is 0. The summed E-state index contributed by atoms with van der Waals surface area (Å²) in [5.74, 6) is 0.585. The summed E-state index contributed by atoms with van der Waals surface area (Å²) >= 11 is 0. The number of hydrogen-bond acceptors (Lipinski definition) is 3. The fourth-order valence-electron chi connectivity index (χ4n) is 5.80. The molecule has 0 saturated heterocycles. The molecule has 3 aliphatic heterocycles. The Bertz CT molecular complexity index is 949. The van der Waals surface area contributed by atoms with E-state index >= 15 is 0 Å². The minimum Gasteiger partial charge on any atom is -0.340 e. The summed E-state index contributed by atoms with van der Waals surface area (Å²) in [4.78, 5) is 12.3. The van der Waals surface area contributed by atoms with Crippen LogP contribution in [0.15, 0.2) is 57.3 Å². The van der Waals surface area contributed by atoms with Crippen LogP contribution in [0.5, 0.6) is 0 Å². The highest BCUT2D eigenvalue weighted by atomic mass is 15.2. The van der Waals surface area contributed by atoms with Crippen molar-refractivity contribution in [2.24, 2.45) is 20.8 Å². The van der Waals surface area contributed by atoms with Gasteiger partial charge in [0.25, 0.3) is 0 Å². The number of benzene rings is 1. The molecule has 1 unspecified atom stereocenters. The molecule has 0 bridgehead atoms. The van der Waals surface area contributed by atoms with Crippen molar-refractivity contribution in [3.8, 4) is 0 Å². The molecule has 1 aromatic rings. The molecule has 0 radical (unpaired) electrons. The Hall–Kier alpha value is -2.16. The second-order valence-corrected chi connectivity index (χ2v) is 10.4. The Morgan fingerprint density at radius 3 is 2.48 bits per heavy atom. The zero-order valence-electron chi connectivity index (χ0n) is 18.5. The largest absolute Gasteiger partial charge is 0.340 e. The van der Waals surface area contributed by atoms with E-state index < -0.39 is 0 Å². The Labute approximate surface area is 175 Å². The fraction of sp³-hybridized carbons (Fsp3) is 0.538. The standard InChI is InChI=1S/C26H33N3/c1-6-20(25(3,4)5)18-7-9-19(10-8-18)29-14-13-26(11-12-26)23-22(29)16-27-21-15-17(2)28-24(21)23/h7-10,15-16,20,24H,6,11-14H2,1-5H3/t20-,24?/m0/s1. The van der Waals surface area contributed by atoms with E-state index in [1.165, 1.54) is 48.2 Å². The molecule has 0 aromatic heterocycles. The molecule has 4 aliphatic rings. The predicted octanol–water partition coefficient (Wildman–Crippen LogP) is 6.28. The number of hydrogen-bond donors (Lipinski definition) is 0. The van der Waals surface area contributed by atoms with Gasteiger partial charge in [0, 0.05) is 17.9 Å². The number of anilines is 1. The molecule has 5 rings (SSSR count). The Kier molecular flexibility index (Phi) is 4.17. The third-order valence-corrected chi connectivity index (χ3v) is 7.45. The zero-order valence-corrected chi connectivity index (χ0v) is 18.5. The Morgan fingerprint density at radius 2 is 1.86 bits per heavy atom. The van der Waals surface area contributed by atoms with Gasteiger partial charge in [-0.3, -0.25) is 9.98 Å². The maximum Gasteiger partial charge on any atom is 0.116 e. The van der Waals surface area contributed by atoms with Gasteiger partial charge in [-0.25, -0.2) is 0 Å². The van der Waals surface area contributed by atoms with Gasteiger partial charge in [0.15, 0.2) is 0 Å². The monoisotopic (exact) mass is 387 g/mol. The van der Waals surface area contributed by atoms with Gasteiger partial charge in [-0.2, -0.15) is 0 Å². The Morgan fingerprint density at radius 1 is 1.14 bits per heavy atom. The molecule has 152 valence electrons. The molecule has 1 aromatic carbocycles. The first kappa shape index (κ1) is 18.8. The molecule has 29 heavy (non-hydrogen) atoms. The van der Waals surface area contributed by atoms with Crippen LogP contribution in [0.2, 0.25) is 0 Å². The highest BCUT2D eigenvalue weighted by Crippen LogP contribution is 2.61. The van der Waals surface area contributed by atoms with Crippen LogP contribution in [0.1, 0.15) is 71.8 Å². The van der Waals surface area contributed by atoms with Crippen molar-refractivity contribution in [3.63, 3.8) is 0 Å². The topological polar surface area (TPSA) is 28.0 Å². The second kappa shape index (κ2) is 6.42. The van der Waals surface area contributed by atoms with Crippen LogP contribution in [0.3, 0.4) is 0 Å². The van der Waals surface area contributed by atoms with Crippen LogP contribution in [-0.2, 0) is 0 Å². The molecular formula is C26H33N3. The molecular weight excluding hydrogens is 354 g/mol. The van der Waals surface area contributed by atoms with Crippen LogP contribution >= 0.6 is 0 Å². The van der Waals surface area contributed by atoms with Crippen LogP contribution < -0.4 is 4.90 Å². The number of aliphatic imine (C=N–C) groups is 2. The van der Waals surface area contributed by atoms with Crippen molar-refractivity contribution in [3.05, 3.63) is 52.9 Å². The van der Waals surface area contributed by atoms with Gasteiger partial charge >= 0.3 is 0 Å². The van der Waals surface area contributed by atoms with Gasteiger partial charge in [-0.1, -0.05) is 39.8 Å². The molecule has 1 saturated carbocycles. The van der Waals surface area contributed by atoms with E-state index in [1.807, 2.05) is 0 Å². The lowest BCUT2D eigenvalue weighted by Crippen LogP contribution is -2.39. The van der Waals surface area contributed by atoms with Gasteiger partial charge in [0.05, 0.1) is 17.6 Å².